The number of amides is 1. The van der Waals surface area contributed by atoms with Crippen molar-refractivity contribution < 1.29 is 9.53 Å². The van der Waals surface area contributed by atoms with Crippen LogP contribution in [0.5, 0.6) is 0 Å². The van der Waals surface area contributed by atoms with Gasteiger partial charge >= 0.3 is 0 Å². The predicted octanol–water partition coefficient (Wildman–Crippen LogP) is 3.39. The van der Waals surface area contributed by atoms with Crippen LogP contribution in [-0.4, -0.2) is 28.2 Å². The lowest BCUT2D eigenvalue weighted by molar-refractivity contribution is -0.120. The van der Waals surface area contributed by atoms with Crippen LogP contribution >= 0.6 is 11.3 Å². The third kappa shape index (κ3) is 2.64. The maximum atomic E-state index is 12.2. The van der Waals surface area contributed by atoms with Gasteiger partial charge in [-0.1, -0.05) is 11.3 Å². The van der Waals surface area contributed by atoms with Crippen molar-refractivity contribution >= 4 is 22.2 Å². The molecule has 2 heterocycles. The predicted molar refractivity (Wildman–Crippen MR) is 86.8 cm³/mol. The van der Waals surface area contributed by atoms with Crippen molar-refractivity contribution in [1.82, 2.24) is 9.97 Å². The molecule has 116 valence electrons. The fourth-order valence-corrected chi connectivity index (χ4v) is 3.82. The van der Waals surface area contributed by atoms with Crippen LogP contribution in [0.1, 0.15) is 32.4 Å². The van der Waals surface area contributed by atoms with Crippen LogP contribution in [0.25, 0.3) is 10.6 Å². The number of pyridine rings is 1. The number of aromatic nitrogens is 2. The number of carbonyl (C=O) groups excluding carboxylic acids is 1. The molecule has 1 aliphatic rings. The summed E-state index contributed by atoms with van der Waals surface area (Å²) in [4.78, 5) is 22.7. The Morgan fingerprint density at radius 2 is 2.27 bits per heavy atom. The van der Waals surface area contributed by atoms with Crippen molar-refractivity contribution in [1.29, 1.82) is 0 Å². The fraction of sp³-hybridized carbons (Fsp3) is 0.438. The van der Waals surface area contributed by atoms with Crippen molar-refractivity contribution in [3.05, 3.63) is 30.2 Å². The summed E-state index contributed by atoms with van der Waals surface area (Å²) in [6.45, 7) is 6.07. The van der Waals surface area contributed by atoms with E-state index in [1.54, 1.807) is 24.2 Å². The SMILES string of the molecule is CCOC1(N(C(C)=O)c2sc(-c3cccnc3)nc2C)CC1. The van der Waals surface area contributed by atoms with E-state index in [1.807, 2.05) is 26.0 Å². The number of thiazole rings is 1. The average Bonchev–Trinajstić information content (AvgIpc) is 3.16. The van der Waals surface area contributed by atoms with E-state index in [2.05, 4.69) is 9.97 Å². The second-order valence-electron chi connectivity index (χ2n) is 5.38. The maximum Gasteiger partial charge on any atom is 0.226 e. The van der Waals surface area contributed by atoms with Crippen LogP contribution in [0, 0.1) is 6.92 Å². The molecule has 1 aliphatic carbocycles. The van der Waals surface area contributed by atoms with Gasteiger partial charge in [-0.25, -0.2) is 4.98 Å². The lowest BCUT2D eigenvalue weighted by Crippen LogP contribution is -2.43. The Balaban J connectivity index is 2.00. The largest absolute Gasteiger partial charge is 0.355 e. The first-order chi connectivity index (χ1) is 10.6. The molecule has 0 atom stereocenters. The van der Waals surface area contributed by atoms with Crippen molar-refractivity contribution in [3.8, 4) is 10.6 Å². The van der Waals surface area contributed by atoms with Gasteiger partial charge in [0.2, 0.25) is 5.91 Å². The minimum Gasteiger partial charge on any atom is -0.355 e. The van der Waals surface area contributed by atoms with E-state index in [4.69, 9.17) is 4.74 Å². The van der Waals surface area contributed by atoms with E-state index in [-0.39, 0.29) is 5.91 Å². The number of ether oxygens (including phenoxy) is 1. The molecule has 0 bridgehead atoms. The smallest absolute Gasteiger partial charge is 0.226 e. The molecule has 2 aromatic rings. The first kappa shape index (κ1) is 15.1. The first-order valence-electron chi connectivity index (χ1n) is 7.40. The normalized spacial score (nSPS) is 15.6. The monoisotopic (exact) mass is 317 g/mol. The van der Waals surface area contributed by atoms with Gasteiger partial charge in [0.25, 0.3) is 0 Å². The van der Waals surface area contributed by atoms with E-state index < -0.39 is 5.72 Å². The third-order valence-corrected chi connectivity index (χ3v) is 4.89. The highest BCUT2D eigenvalue weighted by Gasteiger charge is 2.52. The van der Waals surface area contributed by atoms with Crippen LogP contribution in [0.15, 0.2) is 24.5 Å². The van der Waals surface area contributed by atoms with Gasteiger partial charge in [-0.05, 0) is 26.0 Å². The minimum absolute atomic E-state index is 0.00423. The summed E-state index contributed by atoms with van der Waals surface area (Å²) in [6.07, 6.45) is 5.27. The molecule has 6 heteroatoms. The van der Waals surface area contributed by atoms with Crippen LogP contribution in [0.3, 0.4) is 0 Å². The Hall–Kier alpha value is -1.79. The standard InChI is InChI=1S/C16H19N3O2S/c1-4-21-16(7-8-16)19(12(3)20)15-11(2)18-14(22-15)13-6-5-9-17-10-13/h5-6,9-10H,4,7-8H2,1-3H3. The highest BCUT2D eigenvalue weighted by Crippen LogP contribution is 2.48. The summed E-state index contributed by atoms with van der Waals surface area (Å²) >= 11 is 1.52. The average molecular weight is 317 g/mol. The van der Waals surface area contributed by atoms with E-state index in [0.717, 1.165) is 34.1 Å². The van der Waals surface area contributed by atoms with E-state index in [0.29, 0.717) is 6.61 Å². The molecule has 0 N–H and O–H groups in total. The Morgan fingerprint density at radius 1 is 1.50 bits per heavy atom. The topological polar surface area (TPSA) is 55.3 Å². The number of hydrogen-bond acceptors (Lipinski definition) is 5. The second kappa shape index (κ2) is 5.78. The Morgan fingerprint density at radius 3 is 2.82 bits per heavy atom. The summed E-state index contributed by atoms with van der Waals surface area (Å²) in [5.74, 6) is -0.00423. The molecule has 0 saturated heterocycles. The quantitative estimate of drug-likeness (QED) is 0.793. The van der Waals surface area contributed by atoms with E-state index in [1.165, 1.54) is 11.3 Å². The van der Waals surface area contributed by atoms with Crippen molar-refractivity contribution in [2.24, 2.45) is 0 Å². The van der Waals surface area contributed by atoms with Crippen LogP contribution in [0.4, 0.5) is 5.00 Å². The molecule has 0 aromatic carbocycles. The van der Waals surface area contributed by atoms with Crippen molar-refractivity contribution in [2.45, 2.75) is 39.3 Å². The van der Waals surface area contributed by atoms with Crippen molar-refractivity contribution in [2.75, 3.05) is 11.5 Å². The van der Waals surface area contributed by atoms with Gasteiger partial charge in [0.15, 0.2) is 0 Å². The molecule has 0 radical (unpaired) electrons. The van der Waals surface area contributed by atoms with Gasteiger partial charge in [0.05, 0.1) is 5.69 Å². The van der Waals surface area contributed by atoms with Gasteiger partial charge < -0.3 is 4.74 Å². The molecular formula is C16H19N3O2S. The zero-order valence-electron chi connectivity index (χ0n) is 13.0. The molecule has 3 rings (SSSR count). The number of nitrogens with zero attached hydrogens (tertiary/aromatic N) is 3. The molecule has 0 aliphatic heterocycles. The third-order valence-electron chi connectivity index (χ3n) is 3.70. The highest BCUT2D eigenvalue weighted by atomic mass is 32.1. The van der Waals surface area contributed by atoms with Crippen LogP contribution < -0.4 is 4.90 Å². The first-order valence-corrected chi connectivity index (χ1v) is 8.21. The van der Waals surface area contributed by atoms with E-state index in [9.17, 15) is 4.79 Å². The van der Waals surface area contributed by atoms with Crippen LogP contribution in [0.2, 0.25) is 0 Å². The molecule has 22 heavy (non-hydrogen) atoms. The summed E-state index contributed by atoms with van der Waals surface area (Å²) in [5.41, 5.74) is 1.35. The number of carbonyl (C=O) groups is 1. The van der Waals surface area contributed by atoms with Gasteiger partial charge in [0.1, 0.15) is 15.7 Å². The molecule has 5 nitrogen and oxygen atoms in total. The molecule has 1 amide bonds. The number of rotatable bonds is 5. The summed E-state index contributed by atoms with van der Waals surface area (Å²) in [6, 6.07) is 3.86. The summed E-state index contributed by atoms with van der Waals surface area (Å²) < 4.78 is 5.86. The zero-order chi connectivity index (χ0) is 15.7. The van der Waals surface area contributed by atoms with Crippen molar-refractivity contribution in [3.63, 3.8) is 0 Å². The zero-order valence-corrected chi connectivity index (χ0v) is 13.8. The molecular weight excluding hydrogens is 298 g/mol. The van der Waals surface area contributed by atoms with Gasteiger partial charge in [-0.15, -0.1) is 0 Å². The number of anilines is 1. The Labute approximate surface area is 134 Å². The summed E-state index contributed by atoms with van der Waals surface area (Å²) in [5, 5.41) is 1.75. The van der Waals surface area contributed by atoms with Gasteiger partial charge in [-0.2, -0.15) is 0 Å². The van der Waals surface area contributed by atoms with E-state index >= 15 is 0 Å². The molecule has 1 saturated carbocycles. The maximum absolute atomic E-state index is 12.2. The fourth-order valence-electron chi connectivity index (χ4n) is 2.63. The Bertz CT molecular complexity index is 680. The van der Waals surface area contributed by atoms with Crippen LogP contribution in [-0.2, 0) is 9.53 Å². The minimum atomic E-state index is -0.468. The molecule has 2 aromatic heterocycles. The highest BCUT2D eigenvalue weighted by molar-refractivity contribution is 7.19. The lowest BCUT2D eigenvalue weighted by atomic mass is 10.3. The number of hydrogen-bond donors (Lipinski definition) is 0. The lowest BCUT2D eigenvalue weighted by Gasteiger charge is -2.29. The Kier molecular flexibility index (Phi) is 3.97. The summed E-state index contributed by atoms with van der Waals surface area (Å²) in [7, 11) is 0. The molecule has 1 fully saturated rings. The second-order valence-corrected chi connectivity index (χ2v) is 6.36. The van der Waals surface area contributed by atoms with Gasteiger partial charge in [-0.3, -0.25) is 14.7 Å². The molecule has 0 spiro atoms. The van der Waals surface area contributed by atoms with Gasteiger partial charge in [0, 0.05) is 44.3 Å². The number of aryl methyl sites for hydroxylation is 1. The molecule has 0 unspecified atom stereocenters.